The number of benzene rings is 3. The predicted octanol–water partition coefficient (Wildman–Crippen LogP) is 3.95. The summed E-state index contributed by atoms with van der Waals surface area (Å²) in [4.78, 5) is 4.73. The van der Waals surface area contributed by atoms with Crippen LogP contribution in [0.2, 0.25) is 0 Å². The first-order valence-electron chi connectivity index (χ1n) is 10.2. The second-order valence-electron chi connectivity index (χ2n) is 7.52. The van der Waals surface area contributed by atoms with E-state index in [0.717, 1.165) is 43.2 Å². The number of ether oxygens (including phenoxy) is 1. The highest BCUT2D eigenvalue weighted by molar-refractivity contribution is 5.50. The normalized spacial score (nSPS) is 17.3. The summed E-state index contributed by atoms with van der Waals surface area (Å²) in [6, 6.07) is 29.0. The van der Waals surface area contributed by atoms with E-state index in [1.165, 1.54) is 5.56 Å². The summed E-state index contributed by atoms with van der Waals surface area (Å²) in [5.41, 5.74) is 3.61. The van der Waals surface area contributed by atoms with Crippen molar-refractivity contribution in [2.75, 3.05) is 31.1 Å². The Morgan fingerprint density at radius 1 is 0.793 bits per heavy atom. The zero-order valence-electron chi connectivity index (χ0n) is 16.7. The van der Waals surface area contributed by atoms with E-state index in [4.69, 9.17) is 4.74 Å². The van der Waals surface area contributed by atoms with Gasteiger partial charge >= 0.3 is 0 Å². The van der Waals surface area contributed by atoms with Crippen LogP contribution in [0.5, 0.6) is 5.75 Å². The maximum absolute atomic E-state index is 9.98. The van der Waals surface area contributed by atoms with E-state index >= 15 is 0 Å². The average molecular weight is 389 g/mol. The third-order valence-corrected chi connectivity index (χ3v) is 5.44. The fourth-order valence-electron chi connectivity index (χ4n) is 3.88. The van der Waals surface area contributed by atoms with E-state index in [9.17, 15) is 5.11 Å². The molecule has 1 aliphatic rings. The van der Waals surface area contributed by atoms with Gasteiger partial charge in [-0.1, -0.05) is 60.7 Å². The highest BCUT2D eigenvalue weighted by Crippen LogP contribution is 2.24. The van der Waals surface area contributed by atoms with E-state index < -0.39 is 0 Å². The third kappa shape index (κ3) is 5.17. The molecule has 4 heteroatoms. The Morgan fingerprint density at radius 2 is 1.45 bits per heavy atom. The van der Waals surface area contributed by atoms with Crippen molar-refractivity contribution in [3.63, 3.8) is 0 Å². The summed E-state index contributed by atoms with van der Waals surface area (Å²) in [7, 11) is 0. The zero-order chi connectivity index (χ0) is 19.9. The molecular formula is C25H28N2O2. The number of aliphatic hydroxyl groups is 1. The summed E-state index contributed by atoms with van der Waals surface area (Å²) in [6.45, 7) is 4.39. The van der Waals surface area contributed by atoms with E-state index in [1.54, 1.807) is 0 Å². The Kier molecular flexibility index (Phi) is 6.45. The van der Waals surface area contributed by atoms with Gasteiger partial charge < -0.3 is 14.7 Å². The summed E-state index contributed by atoms with van der Waals surface area (Å²) < 4.78 is 5.89. The molecule has 150 valence electrons. The topological polar surface area (TPSA) is 35.9 Å². The van der Waals surface area contributed by atoms with Crippen LogP contribution in [0.4, 0.5) is 5.69 Å². The Labute approximate surface area is 173 Å². The first-order valence-corrected chi connectivity index (χ1v) is 10.2. The van der Waals surface area contributed by atoms with Crippen molar-refractivity contribution < 1.29 is 9.84 Å². The molecule has 1 N–H and O–H groups in total. The van der Waals surface area contributed by atoms with Crippen LogP contribution in [0.25, 0.3) is 0 Å². The maximum atomic E-state index is 9.98. The van der Waals surface area contributed by atoms with Gasteiger partial charge in [0.25, 0.3) is 0 Å². The van der Waals surface area contributed by atoms with Crippen molar-refractivity contribution in [2.45, 2.75) is 19.2 Å². The molecular weight excluding hydrogens is 360 g/mol. The molecule has 1 heterocycles. The minimum absolute atomic E-state index is 0.101. The van der Waals surface area contributed by atoms with Gasteiger partial charge in [-0.3, -0.25) is 4.90 Å². The van der Waals surface area contributed by atoms with Gasteiger partial charge in [-0.15, -0.1) is 0 Å². The Bertz CT molecular complexity index is 868. The van der Waals surface area contributed by atoms with Gasteiger partial charge in [-0.05, 0) is 35.4 Å². The lowest BCUT2D eigenvalue weighted by Gasteiger charge is -2.42. The number of hydrogen-bond acceptors (Lipinski definition) is 4. The van der Waals surface area contributed by atoms with Crippen molar-refractivity contribution in [1.82, 2.24) is 4.90 Å². The minimum Gasteiger partial charge on any atom is -0.489 e. The van der Waals surface area contributed by atoms with Crippen molar-refractivity contribution in [1.29, 1.82) is 0 Å². The van der Waals surface area contributed by atoms with Gasteiger partial charge in [0, 0.05) is 31.9 Å². The van der Waals surface area contributed by atoms with E-state index in [0.29, 0.717) is 6.61 Å². The maximum Gasteiger partial charge on any atom is 0.119 e. The van der Waals surface area contributed by atoms with Gasteiger partial charge in [-0.2, -0.15) is 0 Å². The summed E-state index contributed by atoms with van der Waals surface area (Å²) >= 11 is 0. The highest BCUT2D eigenvalue weighted by Gasteiger charge is 2.26. The molecule has 29 heavy (non-hydrogen) atoms. The van der Waals surface area contributed by atoms with Crippen molar-refractivity contribution in [3.05, 3.63) is 96.1 Å². The molecule has 3 aromatic carbocycles. The molecule has 4 nitrogen and oxygen atoms in total. The van der Waals surface area contributed by atoms with Crippen molar-refractivity contribution in [3.8, 4) is 5.75 Å². The highest BCUT2D eigenvalue weighted by atomic mass is 16.5. The summed E-state index contributed by atoms with van der Waals surface area (Å²) in [6.07, 6.45) is 0. The lowest BCUT2D eigenvalue weighted by molar-refractivity contribution is 0.165. The quantitative estimate of drug-likeness (QED) is 0.665. The molecule has 0 aliphatic carbocycles. The average Bonchev–Trinajstić information content (AvgIpc) is 2.79. The van der Waals surface area contributed by atoms with Gasteiger partial charge in [0.1, 0.15) is 12.4 Å². The van der Waals surface area contributed by atoms with Crippen molar-refractivity contribution in [2.24, 2.45) is 0 Å². The second-order valence-corrected chi connectivity index (χ2v) is 7.52. The van der Waals surface area contributed by atoms with Crippen molar-refractivity contribution >= 4 is 5.69 Å². The Morgan fingerprint density at radius 3 is 2.10 bits per heavy atom. The molecule has 0 radical (unpaired) electrons. The molecule has 3 aromatic rings. The van der Waals surface area contributed by atoms with Gasteiger partial charge in [0.2, 0.25) is 0 Å². The fourth-order valence-corrected chi connectivity index (χ4v) is 3.88. The lowest BCUT2D eigenvalue weighted by Crippen LogP contribution is -2.54. The van der Waals surface area contributed by atoms with Crippen LogP contribution in [-0.4, -0.2) is 42.3 Å². The van der Waals surface area contributed by atoms with Crippen LogP contribution in [0, 0.1) is 0 Å². The molecule has 1 aliphatic heterocycles. The molecule has 4 rings (SSSR count). The van der Waals surface area contributed by atoms with E-state index in [2.05, 4.69) is 58.3 Å². The first kappa shape index (κ1) is 19.5. The van der Waals surface area contributed by atoms with Crippen LogP contribution in [0.15, 0.2) is 84.9 Å². The fraction of sp³-hybridized carbons (Fsp3) is 0.280. The number of piperazine rings is 1. The SMILES string of the molecule is OC[C@H]1CN(Cc2ccccc2)CCN1c1ccc(OCc2ccccc2)cc1. The number of anilines is 1. The Balaban J connectivity index is 1.35. The van der Waals surface area contributed by atoms with Crippen LogP contribution >= 0.6 is 0 Å². The molecule has 1 saturated heterocycles. The zero-order valence-corrected chi connectivity index (χ0v) is 16.7. The molecule has 0 unspecified atom stereocenters. The van der Waals surface area contributed by atoms with Gasteiger partial charge in [0.05, 0.1) is 12.6 Å². The molecule has 0 spiro atoms. The Hall–Kier alpha value is -2.82. The number of nitrogens with zero attached hydrogens (tertiary/aromatic N) is 2. The number of rotatable bonds is 7. The molecule has 1 atom stereocenters. The van der Waals surface area contributed by atoms with Crippen LogP contribution in [0.1, 0.15) is 11.1 Å². The van der Waals surface area contributed by atoms with Crippen LogP contribution in [-0.2, 0) is 13.2 Å². The monoisotopic (exact) mass is 388 g/mol. The number of aliphatic hydroxyl groups excluding tert-OH is 1. The number of hydrogen-bond donors (Lipinski definition) is 1. The van der Waals surface area contributed by atoms with Gasteiger partial charge in [-0.25, -0.2) is 0 Å². The molecule has 0 amide bonds. The van der Waals surface area contributed by atoms with Crippen LogP contribution in [0.3, 0.4) is 0 Å². The van der Waals surface area contributed by atoms with E-state index in [1.807, 2.05) is 36.4 Å². The first-order chi connectivity index (χ1) is 14.3. The smallest absolute Gasteiger partial charge is 0.119 e. The third-order valence-electron chi connectivity index (χ3n) is 5.44. The summed E-state index contributed by atoms with van der Waals surface area (Å²) in [5, 5.41) is 9.98. The molecule has 1 fully saturated rings. The second kappa shape index (κ2) is 9.59. The lowest BCUT2D eigenvalue weighted by atomic mass is 10.1. The van der Waals surface area contributed by atoms with E-state index in [-0.39, 0.29) is 12.6 Å². The van der Waals surface area contributed by atoms with Crippen LogP contribution < -0.4 is 9.64 Å². The summed E-state index contributed by atoms with van der Waals surface area (Å²) in [5.74, 6) is 0.862. The predicted molar refractivity (Wildman–Crippen MR) is 117 cm³/mol. The minimum atomic E-state index is 0.101. The molecule has 0 saturated carbocycles. The molecule has 0 bridgehead atoms. The van der Waals surface area contributed by atoms with Gasteiger partial charge in [0.15, 0.2) is 0 Å². The largest absolute Gasteiger partial charge is 0.489 e. The molecule has 0 aromatic heterocycles. The standard InChI is InChI=1S/C25H28N2O2/c28-19-24-18-26(17-21-7-3-1-4-8-21)15-16-27(24)23-11-13-25(14-12-23)29-20-22-9-5-2-6-10-22/h1-14,24,28H,15-20H2/t24-/m1/s1.